The van der Waals surface area contributed by atoms with Gasteiger partial charge in [0.25, 0.3) is 15.6 Å². The maximum atomic E-state index is 13.6. The number of rotatable bonds is 8. The van der Waals surface area contributed by atoms with Crippen molar-refractivity contribution in [2.75, 3.05) is 0 Å². The molecule has 0 aliphatic heterocycles. The molecule has 0 aliphatic carbocycles. The third kappa shape index (κ3) is 6.27. The number of benzene rings is 3. The Morgan fingerprint density at radius 2 is 1.84 bits per heavy atom. The van der Waals surface area contributed by atoms with Crippen LogP contribution in [0.25, 0.3) is 22.3 Å². The molecule has 4 aromatic rings. The summed E-state index contributed by atoms with van der Waals surface area (Å²) in [6.07, 6.45) is 1.30. The standard InChI is InChI=1S/C27H26ClN5O4S/c1-17(2)30-25(34)16-33-26(20-5-4-6-21(28)14-20)31-24-12-9-19(13-23(24)27(33)35)15-29-32-38(36,37)22-10-7-18(3)8-11-22/h4-15,17,32H,16H2,1-3H3,(H,30,34). The number of aryl methyl sites for hydroxylation is 1. The van der Waals surface area contributed by atoms with Crippen molar-refractivity contribution in [3.8, 4) is 11.4 Å². The first-order valence-electron chi connectivity index (χ1n) is 11.7. The molecule has 0 aliphatic rings. The summed E-state index contributed by atoms with van der Waals surface area (Å²) < 4.78 is 26.3. The fourth-order valence-corrected chi connectivity index (χ4v) is 4.75. The Balaban J connectivity index is 1.71. The van der Waals surface area contributed by atoms with E-state index in [2.05, 4.69) is 20.2 Å². The summed E-state index contributed by atoms with van der Waals surface area (Å²) >= 11 is 6.17. The molecular formula is C27H26ClN5O4S. The van der Waals surface area contributed by atoms with E-state index in [0.29, 0.717) is 27.5 Å². The van der Waals surface area contributed by atoms with Gasteiger partial charge in [-0.2, -0.15) is 13.5 Å². The van der Waals surface area contributed by atoms with Crippen molar-refractivity contribution in [3.63, 3.8) is 0 Å². The molecule has 0 radical (unpaired) electrons. The van der Waals surface area contributed by atoms with Gasteiger partial charge in [-0.15, -0.1) is 0 Å². The molecule has 0 atom stereocenters. The summed E-state index contributed by atoms with van der Waals surface area (Å²) in [4.78, 5) is 33.1. The number of nitrogens with zero attached hydrogens (tertiary/aromatic N) is 3. The van der Waals surface area contributed by atoms with Crippen LogP contribution in [-0.4, -0.2) is 36.1 Å². The molecule has 0 fully saturated rings. The Hall–Kier alpha value is -4.02. The maximum Gasteiger partial charge on any atom is 0.276 e. The quantitative estimate of drug-likeness (QED) is 0.254. The van der Waals surface area contributed by atoms with Crippen LogP contribution in [0.2, 0.25) is 5.02 Å². The molecule has 38 heavy (non-hydrogen) atoms. The van der Waals surface area contributed by atoms with Gasteiger partial charge >= 0.3 is 0 Å². The molecule has 1 heterocycles. The SMILES string of the molecule is Cc1ccc(S(=O)(=O)NN=Cc2ccc3nc(-c4cccc(Cl)c4)n(CC(=O)NC(C)C)c(=O)c3c2)cc1. The highest BCUT2D eigenvalue weighted by atomic mass is 35.5. The molecule has 0 spiro atoms. The lowest BCUT2D eigenvalue weighted by Crippen LogP contribution is -2.37. The predicted octanol–water partition coefficient (Wildman–Crippen LogP) is 3.86. The van der Waals surface area contributed by atoms with Crippen LogP contribution < -0.4 is 15.7 Å². The Bertz CT molecular complexity index is 1700. The van der Waals surface area contributed by atoms with Crippen LogP contribution in [0.15, 0.2) is 81.5 Å². The summed E-state index contributed by atoms with van der Waals surface area (Å²) in [5, 5.41) is 7.36. The number of aromatic nitrogens is 2. The van der Waals surface area contributed by atoms with Gasteiger partial charge in [-0.25, -0.2) is 9.82 Å². The summed E-state index contributed by atoms with van der Waals surface area (Å²) in [7, 11) is -3.85. The zero-order valence-electron chi connectivity index (χ0n) is 21.0. The number of hydrogen-bond donors (Lipinski definition) is 2. The molecule has 2 N–H and O–H groups in total. The van der Waals surface area contributed by atoms with E-state index in [1.165, 1.54) is 22.9 Å². The molecule has 0 unspecified atom stereocenters. The molecule has 0 saturated heterocycles. The number of carbonyl (C=O) groups is 1. The van der Waals surface area contributed by atoms with E-state index in [1.54, 1.807) is 54.6 Å². The van der Waals surface area contributed by atoms with E-state index < -0.39 is 15.6 Å². The van der Waals surface area contributed by atoms with Gasteiger partial charge in [0, 0.05) is 16.6 Å². The largest absolute Gasteiger partial charge is 0.352 e. The molecule has 196 valence electrons. The predicted molar refractivity (Wildman–Crippen MR) is 149 cm³/mol. The van der Waals surface area contributed by atoms with Crippen molar-refractivity contribution in [2.24, 2.45) is 5.10 Å². The monoisotopic (exact) mass is 551 g/mol. The Kier molecular flexibility index (Phi) is 7.94. The highest BCUT2D eigenvalue weighted by molar-refractivity contribution is 7.89. The molecule has 1 amide bonds. The van der Waals surface area contributed by atoms with Gasteiger partial charge in [0.05, 0.1) is 22.0 Å². The summed E-state index contributed by atoms with van der Waals surface area (Å²) in [6.45, 7) is 5.28. The molecule has 0 saturated carbocycles. The van der Waals surface area contributed by atoms with E-state index in [9.17, 15) is 18.0 Å². The summed E-state index contributed by atoms with van der Waals surface area (Å²) in [5.41, 5.74) is 1.96. The third-order valence-corrected chi connectivity index (χ3v) is 7.00. The molecular weight excluding hydrogens is 526 g/mol. The highest BCUT2D eigenvalue weighted by Crippen LogP contribution is 2.22. The van der Waals surface area contributed by atoms with Crippen LogP contribution >= 0.6 is 11.6 Å². The Morgan fingerprint density at radius 1 is 1.11 bits per heavy atom. The van der Waals surface area contributed by atoms with Crippen LogP contribution in [-0.2, 0) is 21.4 Å². The molecule has 4 rings (SSSR count). The zero-order valence-corrected chi connectivity index (χ0v) is 22.5. The molecule has 11 heteroatoms. The second kappa shape index (κ2) is 11.2. The van der Waals surface area contributed by atoms with Gasteiger partial charge in [0.15, 0.2) is 0 Å². The molecule has 9 nitrogen and oxygen atoms in total. The highest BCUT2D eigenvalue weighted by Gasteiger charge is 2.17. The van der Waals surface area contributed by atoms with Crippen LogP contribution in [0, 0.1) is 6.92 Å². The maximum absolute atomic E-state index is 13.6. The summed E-state index contributed by atoms with van der Waals surface area (Å²) in [6, 6.07) is 18.0. The fourth-order valence-electron chi connectivity index (χ4n) is 3.77. The number of carbonyl (C=O) groups excluding carboxylic acids is 1. The number of amides is 1. The van der Waals surface area contributed by atoms with Crippen molar-refractivity contribution in [1.29, 1.82) is 0 Å². The van der Waals surface area contributed by atoms with Crippen LogP contribution in [0.1, 0.15) is 25.0 Å². The number of fused-ring (bicyclic) bond motifs is 1. The smallest absolute Gasteiger partial charge is 0.276 e. The van der Waals surface area contributed by atoms with Gasteiger partial charge in [-0.05, 0) is 62.7 Å². The van der Waals surface area contributed by atoms with E-state index >= 15 is 0 Å². The van der Waals surface area contributed by atoms with E-state index in [4.69, 9.17) is 11.6 Å². The third-order valence-electron chi connectivity index (χ3n) is 5.53. The number of hydrazone groups is 1. The number of halogens is 1. The first kappa shape index (κ1) is 27.0. The van der Waals surface area contributed by atoms with Crippen LogP contribution in [0.3, 0.4) is 0 Å². The van der Waals surface area contributed by atoms with E-state index in [0.717, 1.165) is 5.56 Å². The van der Waals surface area contributed by atoms with Gasteiger partial charge < -0.3 is 5.32 Å². The first-order chi connectivity index (χ1) is 18.0. The minimum Gasteiger partial charge on any atom is -0.352 e. The first-order valence-corrected chi connectivity index (χ1v) is 13.6. The van der Waals surface area contributed by atoms with Gasteiger partial charge in [0.1, 0.15) is 12.4 Å². The number of nitrogens with one attached hydrogen (secondary N) is 2. The van der Waals surface area contributed by atoms with Gasteiger partial charge in [-0.1, -0.05) is 47.5 Å². The lowest BCUT2D eigenvalue weighted by atomic mass is 10.1. The lowest BCUT2D eigenvalue weighted by Gasteiger charge is -2.15. The number of hydrogen-bond acceptors (Lipinski definition) is 6. The molecule has 0 bridgehead atoms. The van der Waals surface area contributed by atoms with Crippen molar-refractivity contribution in [2.45, 2.75) is 38.3 Å². The minimum absolute atomic E-state index is 0.0825. The average Bonchev–Trinajstić information content (AvgIpc) is 2.85. The van der Waals surface area contributed by atoms with E-state index in [-0.39, 0.29) is 28.8 Å². The Morgan fingerprint density at radius 3 is 2.53 bits per heavy atom. The van der Waals surface area contributed by atoms with Crippen molar-refractivity contribution < 1.29 is 13.2 Å². The van der Waals surface area contributed by atoms with Crippen molar-refractivity contribution in [1.82, 2.24) is 19.7 Å². The lowest BCUT2D eigenvalue weighted by molar-refractivity contribution is -0.122. The Labute approximate surface area is 225 Å². The zero-order chi connectivity index (χ0) is 27.4. The second-order valence-electron chi connectivity index (χ2n) is 9.00. The van der Waals surface area contributed by atoms with Crippen LogP contribution in [0.4, 0.5) is 0 Å². The topological polar surface area (TPSA) is 123 Å². The van der Waals surface area contributed by atoms with Gasteiger partial charge in [-0.3, -0.25) is 14.2 Å². The second-order valence-corrected chi connectivity index (χ2v) is 11.1. The van der Waals surface area contributed by atoms with E-state index in [1.807, 2.05) is 20.8 Å². The van der Waals surface area contributed by atoms with Crippen LogP contribution in [0.5, 0.6) is 0 Å². The van der Waals surface area contributed by atoms with Crippen molar-refractivity contribution in [3.05, 3.63) is 93.2 Å². The molecule has 1 aromatic heterocycles. The molecule has 3 aromatic carbocycles. The number of sulfonamides is 1. The van der Waals surface area contributed by atoms with Crippen molar-refractivity contribution >= 4 is 44.6 Å². The minimum atomic E-state index is -3.85. The summed E-state index contributed by atoms with van der Waals surface area (Å²) in [5.74, 6) is -0.0362. The normalized spacial score (nSPS) is 11.8. The average molecular weight is 552 g/mol. The fraction of sp³-hybridized carbons (Fsp3) is 0.185. The van der Waals surface area contributed by atoms with Gasteiger partial charge in [0.2, 0.25) is 5.91 Å².